The molecular weight excluding hydrogens is 377 g/mol. The second kappa shape index (κ2) is 7.44. The molecule has 2 aliphatic rings. The highest BCUT2D eigenvalue weighted by Gasteiger charge is 2.54. The molecule has 0 radical (unpaired) electrons. The molecule has 1 aromatic rings. The monoisotopic (exact) mass is 398 g/mol. The van der Waals surface area contributed by atoms with Crippen LogP contribution in [0.1, 0.15) is 24.4 Å². The van der Waals surface area contributed by atoms with Gasteiger partial charge in [-0.15, -0.1) is 0 Å². The fourth-order valence-electron chi connectivity index (χ4n) is 4.20. The maximum absolute atomic E-state index is 13.3. The van der Waals surface area contributed by atoms with Crippen LogP contribution >= 0.6 is 0 Å². The summed E-state index contributed by atoms with van der Waals surface area (Å²) in [6.45, 7) is -1.15. The molecule has 2 saturated heterocycles. The minimum absolute atomic E-state index is 0.120. The van der Waals surface area contributed by atoms with Gasteiger partial charge < -0.3 is 14.9 Å². The van der Waals surface area contributed by atoms with Gasteiger partial charge in [-0.3, -0.25) is 14.4 Å². The number of rotatable bonds is 3. The molecule has 6 nitrogen and oxygen atoms in total. The third kappa shape index (κ3) is 3.70. The Hall–Kier alpha value is -2.58. The average Bonchev–Trinajstić information content (AvgIpc) is 3.10. The van der Waals surface area contributed by atoms with Crippen LogP contribution in [0.15, 0.2) is 30.3 Å². The van der Waals surface area contributed by atoms with E-state index in [0.717, 1.165) is 10.5 Å². The Kier molecular flexibility index (Phi) is 5.36. The zero-order valence-corrected chi connectivity index (χ0v) is 15.2. The molecule has 0 aliphatic carbocycles. The molecule has 9 heteroatoms. The van der Waals surface area contributed by atoms with E-state index < -0.39 is 54.9 Å². The van der Waals surface area contributed by atoms with Gasteiger partial charge in [0.2, 0.25) is 11.8 Å². The summed E-state index contributed by atoms with van der Waals surface area (Å²) in [7, 11) is 1.57. The second-order valence-corrected chi connectivity index (χ2v) is 7.34. The number of halogens is 3. The van der Waals surface area contributed by atoms with Gasteiger partial charge in [0.05, 0.1) is 23.8 Å². The van der Waals surface area contributed by atoms with Crippen molar-refractivity contribution in [3.8, 4) is 0 Å². The van der Waals surface area contributed by atoms with E-state index in [9.17, 15) is 32.7 Å². The standard InChI is InChI=1S/C19H21F3N2O4/c1-23-15(25)8-7-12(16(23)11-5-3-2-4-6-11)17(26)24-9-13(18(27)28)14(10-24)19(20,21)22/h2-6,12-14,16H,7-10H2,1H3,(H,27,28)/t12?,13-,14-,16?/m1/s1. The Labute approximate surface area is 159 Å². The van der Waals surface area contributed by atoms with Crippen molar-refractivity contribution < 1.29 is 32.7 Å². The largest absolute Gasteiger partial charge is 0.481 e. The number of amides is 2. The Balaban J connectivity index is 1.88. The molecule has 0 saturated carbocycles. The third-order valence-electron chi connectivity index (χ3n) is 5.69. The first-order valence-electron chi connectivity index (χ1n) is 9.00. The minimum atomic E-state index is -4.70. The predicted molar refractivity (Wildman–Crippen MR) is 91.9 cm³/mol. The highest BCUT2D eigenvalue weighted by molar-refractivity contribution is 5.86. The lowest BCUT2D eigenvalue weighted by Crippen LogP contribution is -2.47. The van der Waals surface area contributed by atoms with Gasteiger partial charge in [-0.2, -0.15) is 13.2 Å². The maximum atomic E-state index is 13.3. The first-order chi connectivity index (χ1) is 13.1. The van der Waals surface area contributed by atoms with Gasteiger partial charge in [0.25, 0.3) is 0 Å². The van der Waals surface area contributed by atoms with Gasteiger partial charge in [-0.25, -0.2) is 0 Å². The Bertz CT molecular complexity index is 768. The molecule has 28 heavy (non-hydrogen) atoms. The summed E-state index contributed by atoms with van der Waals surface area (Å²) in [4.78, 5) is 39.0. The maximum Gasteiger partial charge on any atom is 0.394 e. The van der Waals surface area contributed by atoms with Gasteiger partial charge in [-0.05, 0) is 12.0 Å². The zero-order chi connectivity index (χ0) is 20.6. The van der Waals surface area contributed by atoms with E-state index in [1.807, 2.05) is 0 Å². The van der Waals surface area contributed by atoms with Gasteiger partial charge in [0.1, 0.15) is 0 Å². The Morgan fingerprint density at radius 2 is 1.75 bits per heavy atom. The average molecular weight is 398 g/mol. The highest BCUT2D eigenvalue weighted by Crippen LogP contribution is 2.41. The van der Waals surface area contributed by atoms with Crippen LogP contribution in [0.5, 0.6) is 0 Å². The van der Waals surface area contributed by atoms with Crippen molar-refractivity contribution in [3.05, 3.63) is 35.9 Å². The van der Waals surface area contributed by atoms with E-state index in [1.54, 1.807) is 37.4 Å². The second-order valence-electron chi connectivity index (χ2n) is 7.34. The van der Waals surface area contributed by atoms with Gasteiger partial charge in [0.15, 0.2) is 0 Å². The molecule has 0 spiro atoms. The number of hydrogen-bond donors (Lipinski definition) is 1. The van der Waals surface area contributed by atoms with Crippen LogP contribution in [0.3, 0.4) is 0 Å². The summed E-state index contributed by atoms with van der Waals surface area (Å²) in [5, 5.41) is 9.17. The lowest BCUT2D eigenvalue weighted by atomic mass is 9.83. The molecule has 1 N–H and O–H groups in total. The fraction of sp³-hybridized carbons (Fsp3) is 0.526. The number of alkyl halides is 3. The van der Waals surface area contributed by atoms with E-state index in [2.05, 4.69) is 0 Å². The Morgan fingerprint density at radius 1 is 1.11 bits per heavy atom. The zero-order valence-electron chi connectivity index (χ0n) is 15.2. The van der Waals surface area contributed by atoms with Crippen LogP contribution in [-0.4, -0.2) is 59.0 Å². The number of aliphatic carboxylic acids is 1. The molecule has 2 amide bonds. The molecule has 2 heterocycles. The summed E-state index contributed by atoms with van der Waals surface area (Å²) in [5.74, 6) is -6.73. The molecule has 2 unspecified atom stereocenters. The van der Waals surface area contributed by atoms with Crippen LogP contribution in [0.2, 0.25) is 0 Å². The van der Waals surface area contributed by atoms with Crippen molar-refractivity contribution in [2.75, 3.05) is 20.1 Å². The topological polar surface area (TPSA) is 77.9 Å². The van der Waals surface area contributed by atoms with E-state index in [4.69, 9.17) is 0 Å². The Morgan fingerprint density at radius 3 is 2.29 bits per heavy atom. The molecule has 4 atom stereocenters. The molecular formula is C19H21F3N2O4. The smallest absolute Gasteiger partial charge is 0.394 e. The first-order valence-corrected chi connectivity index (χ1v) is 9.00. The number of carboxylic acid groups (broad SMARTS) is 1. The van der Waals surface area contributed by atoms with Crippen molar-refractivity contribution in [2.45, 2.75) is 25.1 Å². The summed E-state index contributed by atoms with van der Waals surface area (Å²) in [6, 6.07) is 8.25. The molecule has 2 fully saturated rings. The lowest BCUT2D eigenvalue weighted by Gasteiger charge is -2.40. The number of benzene rings is 1. The summed E-state index contributed by atoms with van der Waals surface area (Å²) >= 11 is 0. The number of hydrogen-bond acceptors (Lipinski definition) is 3. The van der Waals surface area contributed by atoms with Crippen LogP contribution in [0.25, 0.3) is 0 Å². The number of nitrogens with zero attached hydrogens (tertiary/aromatic N) is 2. The van der Waals surface area contributed by atoms with Crippen molar-refractivity contribution in [1.29, 1.82) is 0 Å². The van der Waals surface area contributed by atoms with E-state index >= 15 is 0 Å². The van der Waals surface area contributed by atoms with Gasteiger partial charge in [-0.1, -0.05) is 30.3 Å². The van der Waals surface area contributed by atoms with Crippen molar-refractivity contribution in [2.24, 2.45) is 17.8 Å². The van der Waals surface area contributed by atoms with E-state index in [1.165, 1.54) is 4.90 Å². The highest BCUT2D eigenvalue weighted by atomic mass is 19.4. The van der Waals surface area contributed by atoms with Crippen LogP contribution in [-0.2, 0) is 14.4 Å². The quantitative estimate of drug-likeness (QED) is 0.848. The minimum Gasteiger partial charge on any atom is -0.481 e. The normalized spacial score (nSPS) is 28.5. The van der Waals surface area contributed by atoms with Gasteiger partial charge >= 0.3 is 12.1 Å². The molecule has 3 rings (SSSR count). The number of carboxylic acids is 1. The summed E-state index contributed by atoms with van der Waals surface area (Å²) in [5.41, 5.74) is 0.720. The lowest BCUT2D eigenvalue weighted by molar-refractivity contribution is -0.188. The first kappa shape index (κ1) is 20.2. The number of likely N-dealkylation sites (tertiary alicyclic amines) is 2. The van der Waals surface area contributed by atoms with E-state index in [-0.39, 0.29) is 18.7 Å². The predicted octanol–water partition coefficient (Wildman–Crippen LogP) is 2.32. The van der Waals surface area contributed by atoms with Gasteiger partial charge in [0, 0.05) is 26.6 Å². The molecule has 0 aromatic heterocycles. The number of carbonyl (C=O) groups is 3. The van der Waals surface area contributed by atoms with Crippen LogP contribution in [0, 0.1) is 17.8 Å². The van der Waals surface area contributed by atoms with Crippen molar-refractivity contribution in [3.63, 3.8) is 0 Å². The van der Waals surface area contributed by atoms with E-state index in [0.29, 0.717) is 0 Å². The fourth-order valence-corrected chi connectivity index (χ4v) is 4.20. The summed E-state index contributed by atoms with van der Waals surface area (Å²) < 4.78 is 39.8. The molecule has 1 aromatic carbocycles. The van der Waals surface area contributed by atoms with Crippen LogP contribution < -0.4 is 0 Å². The number of piperidine rings is 1. The molecule has 0 bridgehead atoms. The molecule has 2 aliphatic heterocycles. The van der Waals surface area contributed by atoms with Crippen molar-refractivity contribution >= 4 is 17.8 Å². The van der Waals surface area contributed by atoms with Crippen molar-refractivity contribution in [1.82, 2.24) is 9.80 Å². The molecule has 152 valence electrons. The van der Waals surface area contributed by atoms with Crippen LogP contribution in [0.4, 0.5) is 13.2 Å². The number of carbonyl (C=O) groups excluding carboxylic acids is 2. The SMILES string of the molecule is CN1C(=O)CCC(C(=O)N2C[C@@H](C(F)(F)F)[C@H](C(=O)O)C2)C1c1ccccc1. The third-order valence-corrected chi connectivity index (χ3v) is 5.69. The summed E-state index contributed by atoms with van der Waals surface area (Å²) in [6.07, 6.45) is -4.36.